The second-order valence-electron chi connectivity index (χ2n) is 7.04. The van der Waals surface area contributed by atoms with E-state index in [1.807, 2.05) is 18.2 Å². The summed E-state index contributed by atoms with van der Waals surface area (Å²) in [5, 5.41) is 2.69. The Balaban J connectivity index is 1.97. The van der Waals surface area contributed by atoms with E-state index >= 15 is 0 Å². The molecule has 1 amide bonds. The van der Waals surface area contributed by atoms with Crippen molar-refractivity contribution in [1.29, 1.82) is 0 Å². The van der Waals surface area contributed by atoms with Gasteiger partial charge in [-0.2, -0.15) is 4.31 Å². The van der Waals surface area contributed by atoms with E-state index in [0.29, 0.717) is 19.5 Å². The van der Waals surface area contributed by atoms with Crippen molar-refractivity contribution in [1.82, 2.24) is 9.62 Å². The lowest BCUT2D eigenvalue weighted by atomic mass is 9.96. The Bertz CT molecular complexity index is 708. The maximum Gasteiger partial charge on any atom is 0.225 e. The zero-order chi connectivity index (χ0) is 18.0. The highest BCUT2D eigenvalue weighted by Crippen LogP contribution is 2.25. The standard InChI is InChI=1S/C17H26N2O4S/c1-17(2,3)16(20)18-8-10-24(21,22)19-9-7-13-11-15(23-4)6-5-14(13)12-19/h5-6,11H,7-10,12H2,1-4H3,(H,18,20). The van der Waals surface area contributed by atoms with Crippen LogP contribution in [0.25, 0.3) is 0 Å². The molecule has 0 aromatic heterocycles. The maximum absolute atomic E-state index is 12.5. The van der Waals surface area contributed by atoms with Gasteiger partial charge in [0.15, 0.2) is 0 Å². The molecule has 1 N–H and O–H groups in total. The zero-order valence-corrected chi connectivity index (χ0v) is 15.6. The molecule has 0 atom stereocenters. The second-order valence-corrected chi connectivity index (χ2v) is 9.13. The van der Waals surface area contributed by atoms with Crippen LogP contribution in [0.3, 0.4) is 0 Å². The number of rotatable bonds is 5. The highest BCUT2D eigenvalue weighted by atomic mass is 32.2. The highest BCUT2D eigenvalue weighted by Gasteiger charge is 2.27. The number of hydrogen-bond acceptors (Lipinski definition) is 4. The lowest BCUT2D eigenvalue weighted by Gasteiger charge is -2.28. The molecule has 0 aliphatic carbocycles. The summed E-state index contributed by atoms with van der Waals surface area (Å²) in [5.41, 5.74) is 1.61. The molecule has 0 radical (unpaired) electrons. The molecule has 24 heavy (non-hydrogen) atoms. The summed E-state index contributed by atoms with van der Waals surface area (Å²) < 4.78 is 31.7. The lowest BCUT2D eigenvalue weighted by molar-refractivity contribution is -0.128. The van der Waals surface area contributed by atoms with Crippen LogP contribution in [0.5, 0.6) is 5.75 Å². The molecule has 6 nitrogen and oxygen atoms in total. The Labute approximate surface area is 144 Å². The van der Waals surface area contributed by atoms with Crippen molar-refractivity contribution in [2.45, 2.75) is 33.7 Å². The van der Waals surface area contributed by atoms with Crippen LogP contribution in [-0.2, 0) is 27.8 Å². The summed E-state index contributed by atoms with van der Waals surface area (Å²) in [6, 6.07) is 5.72. The van der Waals surface area contributed by atoms with Gasteiger partial charge in [0.05, 0.1) is 12.9 Å². The van der Waals surface area contributed by atoms with Crippen molar-refractivity contribution in [3.8, 4) is 5.75 Å². The van der Waals surface area contributed by atoms with Crippen LogP contribution < -0.4 is 10.1 Å². The normalized spacial score (nSPS) is 15.7. The van der Waals surface area contributed by atoms with Crippen molar-refractivity contribution in [3.05, 3.63) is 29.3 Å². The van der Waals surface area contributed by atoms with E-state index in [2.05, 4.69) is 5.32 Å². The molecule has 1 heterocycles. The average Bonchev–Trinajstić information content (AvgIpc) is 2.52. The fourth-order valence-electron chi connectivity index (χ4n) is 2.56. The minimum absolute atomic E-state index is 0.0830. The van der Waals surface area contributed by atoms with Gasteiger partial charge in [-0.05, 0) is 29.7 Å². The summed E-state index contributed by atoms with van der Waals surface area (Å²) >= 11 is 0. The lowest BCUT2D eigenvalue weighted by Crippen LogP contribution is -2.42. The number of carbonyl (C=O) groups is 1. The number of methoxy groups -OCH3 is 1. The minimum Gasteiger partial charge on any atom is -0.497 e. The molecule has 7 heteroatoms. The van der Waals surface area contributed by atoms with E-state index in [1.165, 1.54) is 4.31 Å². The third-order valence-electron chi connectivity index (χ3n) is 4.11. The molecule has 0 saturated carbocycles. The number of sulfonamides is 1. The van der Waals surface area contributed by atoms with Gasteiger partial charge in [0.2, 0.25) is 15.9 Å². The van der Waals surface area contributed by atoms with E-state index in [0.717, 1.165) is 16.9 Å². The smallest absolute Gasteiger partial charge is 0.225 e. The molecule has 0 bridgehead atoms. The molecule has 134 valence electrons. The third-order valence-corrected chi connectivity index (χ3v) is 5.93. The van der Waals surface area contributed by atoms with Gasteiger partial charge in [-0.1, -0.05) is 26.8 Å². The van der Waals surface area contributed by atoms with Crippen LogP contribution in [0, 0.1) is 5.41 Å². The first-order valence-corrected chi connectivity index (χ1v) is 9.66. The van der Waals surface area contributed by atoms with Crippen molar-refractivity contribution in [2.24, 2.45) is 5.41 Å². The first-order chi connectivity index (χ1) is 11.1. The van der Waals surface area contributed by atoms with Crippen LogP contribution >= 0.6 is 0 Å². The Morgan fingerprint density at radius 3 is 2.62 bits per heavy atom. The van der Waals surface area contributed by atoms with Crippen LogP contribution in [-0.4, -0.2) is 44.6 Å². The highest BCUT2D eigenvalue weighted by molar-refractivity contribution is 7.89. The fourth-order valence-corrected chi connectivity index (χ4v) is 3.88. The minimum atomic E-state index is -3.40. The maximum atomic E-state index is 12.5. The van der Waals surface area contributed by atoms with Gasteiger partial charge >= 0.3 is 0 Å². The van der Waals surface area contributed by atoms with E-state index in [-0.39, 0.29) is 18.2 Å². The van der Waals surface area contributed by atoms with Crippen LogP contribution in [0.15, 0.2) is 18.2 Å². The molecular weight excluding hydrogens is 328 g/mol. The molecule has 1 aliphatic heterocycles. The number of nitrogens with zero attached hydrogens (tertiary/aromatic N) is 1. The van der Waals surface area contributed by atoms with E-state index < -0.39 is 15.4 Å². The fraction of sp³-hybridized carbons (Fsp3) is 0.588. The Morgan fingerprint density at radius 1 is 1.29 bits per heavy atom. The number of amides is 1. The molecule has 1 aliphatic rings. The molecule has 1 aromatic rings. The molecule has 1 aromatic carbocycles. The van der Waals surface area contributed by atoms with Crippen molar-refractivity contribution in [3.63, 3.8) is 0 Å². The van der Waals surface area contributed by atoms with Gasteiger partial charge < -0.3 is 10.1 Å². The van der Waals surface area contributed by atoms with Gasteiger partial charge in [-0.25, -0.2) is 8.42 Å². The Hall–Kier alpha value is -1.60. The summed E-state index contributed by atoms with van der Waals surface area (Å²) in [4.78, 5) is 11.8. The summed E-state index contributed by atoms with van der Waals surface area (Å²) in [7, 11) is -1.78. The van der Waals surface area contributed by atoms with Crippen molar-refractivity contribution >= 4 is 15.9 Å². The number of carbonyl (C=O) groups excluding carboxylic acids is 1. The van der Waals surface area contributed by atoms with Crippen molar-refractivity contribution in [2.75, 3.05) is 26.0 Å². The van der Waals surface area contributed by atoms with Gasteiger partial charge in [0.1, 0.15) is 5.75 Å². The average molecular weight is 354 g/mol. The molecule has 0 unspecified atom stereocenters. The van der Waals surface area contributed by atoms with Gasteiger partial charge in [-0.3, -0.25) is 4.79 Å². The third kappa shape index (κ3) is 4.48. The van der Waals surface area contributed by atoms with Crippen LogP contribution in [0.1, 0.15) is 31.9 Å². The van der Waals surface area contributed by atoms with E-state index in [4.69, 9.17) is 4.74 Å². The molecular formula is C17H26N2O4S. The number of fused-ring (bicyclic) bond motifs is 1. The number of benzene rings is 1. The van der Waals surface area contributed by atoms with Crippen LogP contribution in [0.4, 0.5) is 0 Å². The topological polar surface area (TPSA) is 75.7 Å². The Kier molecular flexibility index (Phi) is 5.55. The molecule has 0 saturated heterocycles. The Morgan fingerprint density at radius 2 is 2.00 bits per heavy atom. The summed E-state index contributed by atoms with van der Waals surface area (Å²) in [6.45, 7) is 6.35. The largest absolute Gasteiger partial charge is 0.497 e. The second kappa shape index (κ2) is 7.11. The zero-order valence-electron chi connectivity index (χ0n) is 14.8. The number of hydrogen-bond donors (Lipinski definition) is 1. The SMILES string of the molecule is COc1ccc2c(c1)CCN(S(=O)(=O)CCNC(=O)C(C)(C)C)C2. The van der Waals surface area contributed by atoms with Crippen molar-refractivity contribution < 1.29 is 17.9 Å². The monoisotopic (exact) mass is 354 g/mol. The summed E-state index contributed by atoms with van der Waals surface area (Å²) in [5.74, 6) is 0.559. The van der Waals surface area contributed by atoms with Crippen LogP contribution in [0.2, 0.25) is 0 Å². The van der Waals surface area contributed by atoms with Gasteiger partial charge in [-0.15, -0.1) is 0 Å². The predicted molar refractivity (Wildman–Crippen MR) is 93.4 cm³/mol. The first kappa shape index (κ1) is 18.7. The quantitative estimate of drug-likeness (QED) is 0.870. The number of ether oxygens (including phenoxy) is 1. The molecule has 2 rings (SSSR count). The first-order valence-electron chi connectivity index (χ1n) is 8.05. The van der Waals surface area contributed by atoms with Gasteiger partial charge in [0.25, 0.3) is 0 Å². The molecule has 0 spiro atoms. The number of nitrogens with one attached hydrogen (secondary N) is 1. The van der Waals surface area contributed by atoms with Gasteiger partial charge in [0, 0.05) is 25.0 Å². The van der Waals surface area contributed by atoms with E-state index in [1.54, 1.807) is 27.9 Å². The van der Waals surface area contributed by atoms with E-state index in [9.17, 15) is 13.2 Å². The summed E-state index contributed by atoms with van der Waals surface area (Å²) in [6.07, 6.45) is 0.667. The molecule has 0 fully saturated rings. The predicted octanol–water partition coefficient (Wildman–Crippen LogP) is 1.55.